The Labute approximate surface area is 233 Å². The molecule has 2 aromatic carbocycles. The highest BCUT2D eigenvalue weighted by Crippen LogP contribution is 2.36. The molecule has 1 atom stereocenters. The van der Waals surface area contributed by atoms with Crippen molar-refractivity contribution in [3.8, 4) is 5.69 Å². The third-order valence-corrected chi connectivity index (χ3v) is 7.76. The third kappa shape index (κ3) is 5.96. The summed E-state index contributed by atoms with van der Waals surface area (Å²) in [6, 6.07) is 14.4. The normalized spacial score (nSPS) is 18.4. The number of halogens is 2. The highest BCUT2D eigenvalue weighted by molar-refractivity contribution is 6.32. The van der Waals surface area contributed by atoms with Crippen molar-refractivity contribution in [3.05, 3.63) is 82.4 Å². The fourth-order valence-electron chi connectivity index (χ4n) is 5.53. The molecular formula is C30H34ClFN4O3. The van der Waals surface area contributed by atoms with Gasteiger partial charge in [-0.05, 0) is 63.8 Å². The summed E-state index contributed by atoms with van der Waals surface area (Å²) in [5.74, 6) is -0.262. The number of aromatic nitrogens is 2. The maximum Gasteiger partial charge on any atom is 0.410 e. The van der Waals surface area contributed by atoms with E-state index in [9.17, 15) is 14.0 Å². The van der Waals surface area contributed by atoms with E-state index in [4.69, 9.17) is 16.3 Å². The first-order valence-electron chi connectivity index (χ1n) is 13.5. The van der Waals surface area contributed by atoms with Crippen LogP contribution in [-0.2, 0) is 4.74 Å². The Bertz CT molecular complexity index is 1350. The SMILES string of the molecule is CC(C)(C)OC(=O)N1CCC(c2c(C(=O)N3CC[C@H](c4ccccc4)C3)cnn2-c2ccc(F)cc2Cl)CC1. The average molecular weight is 553 g/mol. The maximum absolute atomic E-state index is 13.9. The number of likely N-dealkylation sites (tertiary alicyclic amines) is 2. The Morgan fingerprint density at radius 3 is 2.31 bits per heavy atom. The Balaban J connectivity index is 1.42. The molecule has 3 aromatic rings. The van der Waals surface area contributed by atoms with Crippen LogP contribution >= 0.6 is 11.6 Å². The first kappa shape index (κ1) is 27.2. The maximum atomic E-state index is 13.9. The van der Waals surface area contributed by atoms with Gasteiger partial charge in [-0.25, -0.2) is 13.9 Å². The lowest BCUT2D eigenvalue weighted by Crippen LogP contribution is -2.41. The van der Waals surface area contributed by atoms with Gasteiger partial charge in [0.2, 0.25) is 0 Å². The lowest BCUT2D eigenvalue weighted by atomic mass is 9.90. The van der Waals surface area contributed by atoms with Crippen molar-refractivity contribution in [2.24, 2.45) is 0 Å². The van der Waals surface area contributed by atoms with Gasteiger partial charge in [-0.1, -0.05) is 41.9 Å². The summed E-state index contributed by atoms with van der Waals surface area (Å²) in [6.45, 7) is 7.84. The number of rotatable bonds is 4. The van der Waals surface area contributed by atoms with Gasteiger partial charge in [-0.15, -0.1) is 0 Å². The summed E-state index contributed by atoms with van der Waals surface area (Å²) in [4.78, 5) is 30.1. The first-order chi connectivity index (χ1) is 18.6. The topological polar surface area (TPSA) is 67.7 Å². The van der Waals surface area contributed by atoms with Crippen molar-refractivity contribution in [2.45, 2.75) is 57.5 Å². The van der Waals surface area contributed by atoms with E-state index in [-0.39, 0.29) is 28.9 Å². The number of carbonyl (C=O) groups is 2. The zero-order valence-electron chi connectivity index (χ0n) is 22.6. The summed E-state index contributed by atoms with van der Waals surface area (Å²) in [5.41, 5.74) is 2.46. The molecule has 9 heteroatoms. The van der Waals surface area contributed by atoms with Gasteiger partial charge in [-0.3, -0.25) is 4.79 Å². The van der Waals surface area contributed by atoms with Gasteiger partial charge in [0.05, 0.1) is 28.2 Å². The van der Waals surface area contributed by atoms with E-state index in [1.807, 2.05) is 43.9 Å². The van der Waals surface area contributed by atoms with Crippen LogP contribution in [0.2, 0.25) is 5.02 Å². The standard InChI is InChI=1S/C30H34ClFN4O3/c1-30(2,3)39-29(38)34-14-11-21(12-15-34)27-24(18-33-36(27)26-10-9-23(32)17-25(26)31)28(37)35-16-13-22(19-35)20-7-5-4-6-8-20/h4-10,17-18,21-22H,11-16,19H2,1-3H3/t22-/m0/s1. The smallest absolute Gasteiger partial charge is 0.410 e. The van der Waals surface area contributed by atoms with Crippen molar-refractivity contribution in [1.29, 1.82) is 0 Å². The highest BCUT2D eigenvalue weighted by atomic mass is 35.5. The molecule has 2 fully saturated rings. The van der Waals surface area contributed by atoms with Crippen LogP contribution in [0.5, 0.6) is 0 Å². The van der Waals surface area contributed by atoms with E-state index in [0.29, 0.717) is 50.3 Å². The van der Waals surface area contributed by atoms with Crippen LogP contribution in [0.1, 0.15) is 73.5 Å². The average Bonchev–Trinajstić information content (AvgIpc) is 3.56. The van der Waals surface area contributed by atoms with Gasteiger partial charge in [0, 0.05) is 38.0 Å². The van der Waals surface area contributed by atoms with Crippen LogP contribution < -0.4 is 0 Å². The molecule has 3 heterocycles. The van der Waals surface area contributed by atoms with E-state index in [2.05, 4.69) is 17.2 Å². The van der Waals surface area contributed by atoms with E-state index in [1.165, 1.54) is 17.7 Å². The summed E-state index contributed by atoms with van der Waals surface area (Å²) in [7, 11) is 0. The van der Waals surface area contributed by atoms with Gasteiger partial charge < -0.3 is 14.5 Å². The van der Waals surface area contributed by atoms with Crippen molar-refractivity contribution in [3.63, 3.8) is 0 Å². The van der Waals surface area contributed by atoms with Crippen LogP contribution in [0.3, 0.4) is 0 Å². The molecule has 0 aliphatic carbocycles. The zero-order chi connectivity index (χ0) is 27.7. The monoisotopic (exact) mass is 552 g/mol. The van der Waals surface area contributed by atoms with Crippen molar-refractivity contribution in [2.75, 3.05) is 26.2 Å². The van der Waals surface area contributed by atoms with Crippen molar-refractivity contribution in [1.82, 2.24) is 19.6 Å². The molecule has 0 saturated carbocycles. The second kappa shape index (κ2) is 11.0. The Morgan fingerprint density at radius 2 is 1.64 bits per heavy atom. The van der Waals surface area contributed by atoms with Crippen molar-refractivity contribution < 1.29 is 18.7 Å². The molecule has 2 aliphatic rings. The molecule has 39 heavy (non-hydrogen) atoms. The first-order valence-corrected chi connectivity index (χ1v) is 13.8. The van der Waals surface area contributed by atoms with Gasteiger partial charge in [0.15, 0.2) is 0 Å². The van der Waals surface area contributed by atoms with Gasteiger partial charge in [0.25, 0.3) is 5.91 Å². The summed E-state index contributed by atoms with van der Waals surface area (Å²) in [6.07, 6.45) is 3.44. The minimum absolute atomic E-state index is 0.0428. The van der Waals surface area contributed by atoms with Crippen LogP contribution in [0.4, 0.5) is 9.18 Å². The molecule has 206 valence electrons. The Hall–Kier alpha value is -3.39. The lowest BCUT2D eigenvalue weighted by Gasteiger charge is -2.34. The third-order valence-electron chi connectivity index (χ3n) is 7.45. The molecule has 2 saturated heterocycles. The molecule has 0 bridgehead atoms. The Kier molecular flexibility index (Phi) is 7.67. The quantitative estimate of drug-likeness (QED) is 0.375. The van der Waals surface area contributed by atoms with E-state index >= 15 is 0 Å². The highest BCUT2D eigenvalue weighted by Gasteiger charge is 2.35. The predicted octanol–water partition coefficient (Wildman–Crippen LogP) is 6.41. The summed E-state index contributed by atoms with van der Waals surface area (Å²) < 4.78 is 21.1. The number of nitrogens with zero attached hydrogens (tertiary/aromatic N) is 4. The lowest BCUT2D eigenvalue weighted by molar-refractivity contribution is 0.0203. The number of ether oxygens (including phenoxy) is 1. The Morgan fingerprint density at radius 1 is 0.974 bits per heavy atom. The van der Waals surface area contributed by atoms with Gasteiger partial charge >= 0.3 is 6.09 Å². The molecule has 0 radical (unpaired) electrons. The summed E-state index contributed by atoms with van der Waals surface area (Å²) >= 11 is 6.44. The number of amides is 2. The molecule has 7 nitrogen and oxygen atoms in total. The number of hydrogen-bond donors (Lipinski definition) is 0. The number of piperidine rings is 1. The minimum atomic E-state index is -0.571. The second-order valence-corrected chi connectivity index (χ2v) is 11.7. The molecule has 0 N–H and O–H groups in total. The number of benzene rings is 2. The molecule has 0 unspecified atom stereocenters. The van der Waals surface area contributed by atoms with E-state index in [1.54, 1.807) is 21.8 Å². The molecule has 1 aromatic heterocycles. The fraction of sp³-hybridized carbons (Fsp3) is 0.433. The van der Waals surface area contributed by atoms with Crippen molar-refractivity contribution >= 4 is 23.6 Å². The van der Waals surface area contributed by atoms with Crippen LogP contribution in [-0.4, -0.2) is 63.4 Å². The van der Waals surface area contributed by atoms with Crippen LogP contribution in [0.15, 0.2) is 54.7 Å². The molecule has 5 rings (SSSR count). The number of carbonyl (C=O) groups excluding carboxylic acids is 2. The molecule has 2 amide bonds. The minimum Gasteiger partial charge on any atom is -0.444 e. The van der Waals surface area contributed by atoms with Crippen LogP contribution in [0.25, 0.3) is 5.69 Å². The van der Waals surface area contributed by atoms with Gasteiger partial charge in [0.1, 0.15) is 11.4 Å². The second-order valence-electron chi connectivity index (χ2n) is 11.3. The van der Waals surface area contributed by atoms with E-state index in [0.717, 1.165) is 12.1 Å². The zero-order valence-corrected chi connectivity index (χ0v) is 23.3. The molecular weight excluding hydrogens is 519 g/mol. The van der Waals surface area contributed by atoms with Crippen LogP contribution in [0, 0.1) is 5.82 Å². The summed E-state index contributed by atoms with van der Waals surface area (Å²) in [5, 5.41) is 4.80. The largest absolute Gasteiger partial charge is 0.444 e. The van der Waals surface area contributed by atoms with Gasteiger partial charge in [-0.2, -0.15) is 5.10 Å². The fourth-order valence-corrected chi connectivity index (χ4v) is 5.78. The predicted molar refractivity (Wildman–Crippen MR) is 148 cm³/mol. The number of hydrogen-bond acceptors (Lipinski definition) is 4. The molecule has 0 spiro atoms. The molecule has 2 aliphatic heterocycles. The van der Waals surface area contributed by atoms with E-state index < -0.39 is 11.4 Å².